The number of carbonyl (C=O) groups excluding carboxylic acids is 2. The van der Waals surface area contributed by atoms with E-state index in [1.165, 1.54) is 28.5 Å². The average molecular weight is 724 g/mol. The van der Waals surface area contributed by atoms with E-state index in [9.17, 15) is 19.2 Å². The first kappa shape index (κ1) is 42.0. The van der Waals surface area contributed by atoms with Gasteiger partial charge in [0.25, 0.3) is 5.56 Å². The SMILES string of the molecule is CC[C@H]1O[C@@H](n2cc(/C=C/C(=O)NCCCC(=O)[C@@H](C)c3ccc(CC(C)C)cc3)c(=O)[nH]c2=O)CC1CP(OCCC#N)N(C(C)C)C(C)C. The zero-order valence-corrected chi connectivity index (χ0v) is 32.6. The largest absolute Gasteiger partial charge is 0.354 e. The minimum absolute atomic E-state index is 0.0990. The summed E-state index contributed by atoms with van der Waals surface area (Å²) in [7, 11) is -1.02. The number of carbonyl (C=O) groups is 2. The maximum atomic E-state index is 13.0. The molecule has 5 atom stereocenters. The molecule has 1 aromatic carbocycles. The summed E-state index contributed by atoms with van der Waals surface area (Å²) in [5.41, 5.74) is 1.23. The Kier molecular flexibility index (Phi) is 16.9. The van der Waals surface area contributed by atoms with Gasteiger partial charge in [0.15, 0.2) is 0 Å². The summed E-state index contributed by atoms with van der Waals surface area (Å²) in [5.74, 6) is 0.168. The van der Waals surface area contributed by atoms with Crippen molar-refractivity contribution in [1.29, 1.82) is 5.26 Å². The molecule has 51 heavy (non-hydrogen) atoms. The first-order valence-corrected chi connectivity index (χ1v) is 19.8. The van der Waals surface area contributed by atoms with Gasteiger partial charge in [-0.1, -0.05) is 52.0 Å². The lowest BCUT2D eigenvalue weighted by atomic mass is 9.92. The molecule has 0 saturated carbocycles. The van der Waals surface area contributed by atoms with E-state index in [0.717, 1.165) is 24.6 Å². The van der Waals surface area contributed by atoms with Gasteiger partial charge in [0.1, 0.15) is 20.3 Å². The van der Waals surface area contributed by atoms with Crippen molar-refractivity contribution in [2.75, 3.05) is 19.3 Å². The number of nitrogens with one attached hydrogen (secondary N) is 2. The Morgan fingerprint density at radius 3 is 2.43 bits per heavy atom. The highest BCUT2D eigenvalue weighted by molar-refractivity contribution is 7.50. The fourth-order valence-corrected chi connectivity index (χ4v) is 9.20. The molecule has 280 valence electrons. The van der Waals surface area contributed by atoms with Gasteiger partial charge in [-0.05, 0) is 82.4 Å². The molecule has 2 aromatic rings. The lowest BCUT2D eigenvalue weighted by molar-refractivity contribution is -0.120. The van der Waals surface area contributed by atoms with Gasteiger partial charge < -0.3 is 14.6 Å². The average Bonchev–Trinajstić information content (AvgIpc) is 3.48. The standard InChI is InChI=1S/C39H58N5O6P/c1-9-35-33(25-51(49-21-11-19-40)44(27(4)5)28(6)7)23-37(50-35)43-24-32(38(47)42-39(43)48)17-18-36(46)41-20-10-12-34(45)29(8)31-15-13-30(14-16-31)22-26(2)3/h13-18,24,26-29,33,35,37H,9-12,20-23,25H2,1-8H3,(H,41,46)(H,42,47,48)/b18-17+/t29-,33?,35+,37+,51?/m0/s1. The minimum Gasteiger partial charge on any atom is -0.354 e. The number of aromatic nitrogens is 2. The summed E-state index contributed by atoms with van der Waals surface area (Å²) in [6.07, 6.45) is 7.56. The van der Waals surface area contributed by atoms with E-state index in [1.807, 2.05) is 26.0 Å². The van der Waals surface area contributed by atoms with E-state index < -0.39 is 31.7 Å². The minimum atomic E-state index is -1.02. The van der Waals surface area contributed by atoms with Crippen LogP contribution in [0.1, 0.15) is 116 Å². The van der Waals surface area contributed by atoms with Crippen LogP contribution >= 0.6 is 8.30 Å². The molecule has 2 unspecified atom stereocenters. The second kappa shape index (κ2) is 20.6. The number of amides is 1. The Morgan fingerprint density at radius 1 is 1.14 bits per heavy atom. The monoisotopic (exact) mass is 723 g/mol. The predicted octanol–water partition coefficient (Wildman–Crippen LogP) is 6.69. The molecular weight excluding hydrogens is 665 g/mol. The van der Waals surface area contributed by atoms with Crippen LogP contribution in [0.4, 0.5) is 0 Å². The highest BCUT2D eigenvalue weighted by Crippen LogP contribution is 2.50. The fourth-order valence-electron chi connectivity index (χ4n) is 6.65. The molecule has 0 bridgehead atoms. The number of hydrogen-bond donors (Lipinski definition) is 2. The Labute approximate surface area is 304 Å². The normalized spacial score (nSPS) is 18.9. The Bertz CT molecular complexity index is 1600. The molecule has 11 nitrogen and oxygen atoms in total. The molecule has 0 radical (unpaired) electrons. The third-order valence-corrected chi connectivity index (χ3v) is 11.9. The number of rotatable bonds is 20. The van der Waals surface area contributed by atoms with Crippen LogP contribution in [0.5, 0.6) is 0 Å². The summed E-state index contributed by atoms with van der Waals surface area (Å²) in [5, 5.41) is 11.9. The molecule has 3 rings (SSSR count). The van der Waals surface area contributed by atoms with Crippen molar-refractivity contribution in [2.24, 2.45) is 11.8 Å². The van der Waals surface area contributed by atoms with Crippen molar-refractivity contribution in [2.45, 2.75) is 124 Å². The maximum Gasteiger partial charge on any atom is 0.330 e. The Balaban J connectivity index is 1.60. The quantitative estimate of drug-likeness (QED) is 0.0873. The lowest BCUT2D eigenvalue weighted by Crippen LogP contribution is -2.35. The van der Waals surface area contributed by atoms with Gasteiger partial charge in [0.2, 0.25) is 5.91 Å². The van der Waals surface area contributed by atoms with E-state index in [0.29, 0.717) is 44.8 Å². The zero-order chi connectivity index (χ0) is 37.7. The zero-order valence-electron chi connectivity index (χ0n) is 31.7. The third kappa shape index (κ3) is 12.6. The van der Waals surface area contributed by atoms with Gasteiger partial charge in [-0.15, -0.1) is 0 Å². The molecule has 1 aliphatic heterocycles. The van der Waals surface area contributed by atoms with Crippen LogP contribution in [0.3, 0.4) is 0 Å². The van der Waals surface area contributed by atoms with E-state index >= 15 is 0 Å². The molecular formula is C39H58N5O6P. The van der Waals surface area contributed by atoms with E-state index in [-0.39, 0.29) is 41.4 Å². The first-order valence-electron chi connectivity index (χ1n) is 18.4. The number of aromatic amines is 1. The number of nitrogens with zero attached hydrogens (tertiary/aromatic N) is 3. The molecule has 12 heteroatoms. The molecule has 1 amide bonds. The molecule has 1 aliphatic rings. The summed E-state index contributed by atoms with van der Waals surface area (Å²) < 4.78 is 16.4. The lowest BCUT2D eigenvalue weighted by Gasteiger charge is -2.38. The second-order valence-electron chi connectivity index (χ2n) is 14.4. The van der Waals surface area contributed by atoms with Crippen LogP contribution in [0.25, 0.3) is 6.08 Å². The predicted molar refractivity (Wildman–Crippen MR) is 203 cm³/mol. The highest BCUT2D eigenvalue weighted by Gasteiger charge is 2.39. The van der Waals surface area contributed by atoms with E-state index in [4.69, 9.17) is 14.5 Å². The van der Waals surface area contributed by atoms with Crippen LogP contribution in [0, 0.1) is 23.2 Å². The van der Waals surface area contributed by atoms with Crippen LogP contribution in [0.2, 0.25) is 0 Å². The van der Waals surface area contributed by atoms with Crippen LogP contribution in [0.15, 0.2) is 46.1 Å². The van der Waals surface area contributed by atoms with Gasteiger partial charge in [0, 0.05) is 49.4 Å². The number of nitriles is 1. The number of Topliss-reactive ketones (excluding diaryl/α,β-unsaturated/α-hetero) is 1. The Morgan fingerprint density at radius 2 is 1.82 bits per heavy atom. The number of ketones is 1. The summed E-state index contributed by atoms with van der Waals surface area (Å²) in [6.45, 7) is 17.6. The fraction of sp³-hybridized carbons (Fsp3) is 0.615. The molecule has 1 fully saturated rings. The molecule has 1 saturated heterocycles. The summed E-state index contributed by atoms with van der Waals surface area (Å²) in [4.78, 5) is 53.4. The van der Waals surface area contributed by atoms with Gasteiger partial charge in [0.05, 0.1) is 30.8 Å². The van der Waals surface area contributed by atoms with Gasteiger partial charge in [-0.2, -0.15) is 5.26 Å². The van der Waals surface area contributed by atoms with Gasteiger partial charge in [-0.25, -0.2) is 4.79 Å². The highest BCUT2D eigenvalue weighted by atomic mass is 31.2. The van der Waals surface area contributed by atoms with Gasteiger partial charge in [-0.3, -0.25) is 28.6 Å². The number of hydrogen-bond acceptors (Lipinski definition) is 8. The maximum absolute atomic E-state index is 13.0. The topological polar surface area (TPSA) is 147 Å². The molecule has 0 spiro atoms. The molecule has 1 aromatic heterocycles. The van der Waals surface area contributed by atoms with Crippen LogP contribution in [-0.4, -0.2) is 63.4 Å². The number of ether oxygens (including phenoxy) is 1. The van der Waals surface area contributed by atoms with Crippen molar-refractivity contribution in [1.82, 2.24) is 19.5 Å². The molecule has 2 heterocycles. The number of benzene rings is 1. The van der Waals surface area contributed by atoms with Crippen molar-refractivity contribution >= 4 is 26.1 Å². The van der Waals surface area contributed by atoms with Crippen molar-refractivity contribution < 1.29 is 18.8 Å². The van der Waals surface area contributed by atoms with E-state index in [1.54, 1.807) is 0 Å². The van der Waals surface area contributed by atoms with E-state index in [2.05, 4.69) is 74.7 Å². The van der Waals surface area contributed by atoms with Crippen molar-refractivity contribution in [3.05, 3.63) is 74.1 Å². The van der Waals surface area contributed by atoms with Gasteiger partial charge >= 0.3 is 5.69 Å². The smallest absolute Gasteiger partial charge is 0.330 e. The third-order valence-electron chi connectivity index (χ3n) is 9.15. The first-order chi connectivity index (χ1) is 24.2. The van der Waals surface area contributed by atoms with Crippen LogP contribution in [-0.2, 0) is 25.3 Å². The molecule has 0 aliphatic carbocycles. The Hall–Kier alpha value is -3.42. The van der Waals surface area contributed by atoms with Crippen molar-refractivity contribution in [3.63, 3.8) is 0 Å². The molecule has 2 N–H and O–H groups in total. The summed E-state index contributed by atoms with van der Waals surface area (Å²) >= 11 is 0. The second-order valence-corrected chi connectivity index (χ2v) is 16.2. The summed E-state index contributed by atoms with van der Waals surface area (Å²) in [6, 6.07) is 10.9. The van der Waals surface area contributed by atoms with Crippen molar-refractivity contribution in [3.8, 4) is 6.07 Å². The van der Waals surface area contributed by atoms with Crippen LogP contribution < -0.4 is 16.6 Å². The number of H-pyrrole nitrogens is 1.